The number of hydrogen-bond donors (Lipinski definition) is 4. The molecular formula is C25H18O9. The zero-order chi connectivity index (χ0) is 24.2. The van der Waals surface area contributed by atoms with Crippen molar-refractivity contribution in [3.63, 3.8) is 0 Å². The molecule has 0 bridgehead atoms. The molecule has 0 radical (unpaired) electrons. The molecule has 0 spiro atoms. The number of esters is 1. The van der Waals surface area contributed by atoms with E-state index in [9.17, 15) is 24.9 Å². The van der Waals surface area contributed by atoms with Crippen LogP contribution in [0.1, 0.15) is 26.3 Å². The highest BCUT2D eigenvalue weighted by Gasteiger charge is 2.21. The maximum atomic E-state index is 12.8. The van der Waals surface area contributed by atoms with Gasteiger partial charge in [0.15, 0.2) is 0 Å². The summed E-state index contributed by atoms with van der Waals surface area (Å²) in [4.78, 5) is 28.4. The molecule has 0 aliphatic heterocycles. The van der Waals surface area contributed by atoms with Crippen molar-refractivity contribution in [1.29, 1.82) is 0 Å². The van der Waals surface area contributed by atoms with E-state index >= 15 is 0 Å². The Bertz CT molecular complexity index is 1390. The molecule has 172 valence electrons. The summed E-state index contributed by atoms with van der Waals surface area (Å²) in [5.74, 6) is -1.87. The van der Waals surface area contributed by atoms with E-state index in [0.717, 1.165) is 12.1 Å². The number of fused-ring (bicyclic) bond motifs is 1. The number of phenolic OH excluding ortho intramolecular Hbond substituents is 2. The third-order valence-corrected chi connectivity index (χ3v) is 4.99. The lowest BCUT2D eigenvalue weighted by molar-refractivity contribution is -0.253. The van der Waals surface area contributed by atoms with E-state index in [1.54, 1.807) is 30.3 Å². The second kappa shape index (κ2) is 9.49. The minimum absolute atomic E-state index is 0.0492. The summed E-state index contributed by atoms with van der Waals surface area (Å²) in [6, 6.07) is 17.5. The van der Waals surface area contributed by atoms with E-state index in [0.29, 0.717) is 22.1 Å². The highest BCUT2D eigenvalue weighted by atomic mass is 17.1. The van der Waals surface area contributed by atoms with Gasteiger partial charge in [0.1, 0.15) is 35.4 Å². The fourth-order valence-corrected chi connectivity index (χ4v) is 3.41. The molecule has 0 aliphatic carbocycles. The molecule has 0 atom stereocenters. The van der Waals surface area contributed by atoms with Crippen molar-refractivity contribution in [3.8, 4) is 28.7 Å². The molecule has 0 unspecified atom stereocenters. The molecular weight excluding hydrogens is 444 g/mol. The Labute approximate surface area is 192 Å². The van der Waals surface area contributed by atoms with Crippen LogP contribution in [0.3, 0.4) is 0 Å². The molecule has 34 heavy (non-hydrogen) atoms. The molecule has 4 N–H and O–H groups in total. The Morgan fingerprint density at radius 3 is 2.09 bits per heavy atom. The monoisotopic (exact) mass is 462 g/mol. The van der Waals surface area contributed by atoms with Crippen LogP contribution in [-0.4, -0.2) is 32.5 Å². The predicted molar refractivity (Wildman–Crippen MR) is 120 cm³/mol. The number of aromatic hydroxyl groups is 2. The second-order valence-corrected chi connectivity index (χ2v) is 7.20. The van der Waals surface area contributed by atoms with Crippen molar-refractivity contribution in [2.75, 3.05) is 0 Å². The minimum atomic E-state index is -1.34. The van der Waals surface area contributed by atoms with Gasteiger partial charge in [-0.25, -0.2) is 14.5 Å². The fourth-order valence-electron chi connectivity index (χ4n) is 3.41. The molecule has 4 aromatic rings. The lowest BCUT2D eigenvalue weighted by Crippen LogP contribution is -2.14. The molecule has 0 aromatic heterocycles. The SMILES string of the molecule is O=C(O)c1ccc(O)cc1C(=O)Oc1ccc(Oc2cc(O)ccc2COO)c2ccccc12. The number of hydrogen-bond acceptors (Lipinski definition) is 8. The van der Waals surface area contributed by atoms with Crippen molar-refractivity contribution < 1.29 is 44.5 Å². The number of benzene rings is 4. The van der Waals surface area contributed by atoms with Gasteiger partial charge in [-0.05, 0) is 42.5 Å². The first-order valence-corrected chi connectivity index (χ1v) is 9.93. The Hall–Kier alpha value is -4.60. The van der Waals surface area contributed by atoms with Crippen LogP contribution in [0.4, 0.5) is 0 Å². The summed E-state index contributed by atoms with van der Waals surface area (Å²) < 4.78 is 11.4. The summed E-state index contributed by atoms with van der Waals surface area (Å²) >= 11 is 0. The summed E-state index contributed by atoms with van der Waals surface area (Å²) in [6.07, 6.45) is 0. The number of ether oxygens (including phenoxy) is 2. The third kappa shape index (κ3) is 4.60. The number of rotatable bonds is 7. The van der Waals surface area contributed by atoms with Gasteiger partial charge in [0.2, 0.25) is 0 Å². The molecule has 0 saturated carbocycles. The van der Waals surface area contributed by atoms with Gasteiger partial charge in [0, 0.05) is 22.4 Å². The van der Waals surface area contributed by atoms with Crippen LogP contribution in [0.15, 0.2) is 72.8 Å². The first-order valence-electron chi connectivity index (χ1n) is 9.93. The van der Waals surface area contributed by atoms with Crippen molar-refractivity contribution in [3.05, 3.63) is 89.5 Å². The topological polar surface area (TPSA) is 143 Å². The fraction of sp³-hybridized carbons (Fsp3) is 0.0400. The highest BCUT2D eigenvalue weighted by Crippen LogP contribution is 2.38. The van der Waals surface area contributed by atoms with Crippen LogP contribution in [0.2, 0.25) is 0 Å². The van der Waals surface area contributed by atoms with Crippen molar-refractivity contribution in [2.24, 2.45) is 0 Å². The second-order valence-electron chi connectivity index (χ2n) is 7.20. The first kappa shape index (κ1) is 22.6. The van der Waals surface area contributed by atoms with Gasteiger partial charge >= 0.3 is 11.9 Å². The van der Waals surface area contributed by atoms with Crippen LogP contribution in [0.25, 0.3) is 10.8 Å². The van der Waals surface area contributed by atoms with E-state index in [4.69, 9.17) is 14.7 Å². The van der Waals surface area contributed by atoms with Crippen molar-refractivity contribution in [2.45, 2.75) is 6.61 Å². The third-order valence-electron chi connectivity index (χ3n) is 4.99. The van der Waals surface area contributed by atoms with Gasteiger partial charge in [0.25, 0.3) is 0 Å². The molecule has 4 aromatic carbocycles. The molecule has 0 amide bonds. The van der Waals surface area contributed by atoms with E-state index < -0.39 is 11.9 Å². The predicted octanol–water partition coefficient (Wildman–Crippen LogP) is 4.95. The number of carboxylic acids is 1. The Morgan fingerprint density at radius 2 is 1.38 bits per heavy atom. The van der Waals surface area contributed by atoms with Gasteiger partial charge in [-0.15, -0.1) is 0 Å². The zero-order valence-electron chi connectivity index (χ0n) is 17.5. The highest BCUT2D eigenvalue weighted by molar-refractivity contribution is 6.04. The lowest BCUT2D eigenvalue weighted by Gasteiger charge is -2.15. The van der Waals surface area contributed by atoms with Gasteiger partial charge < -0.3 is 24.8 Å². The smallest absolute Gasteiger partial charge is 0.344 e. The Kier molecular flexibility index (Phi) is 6.30. The van der Waals surface area contributed by atoms with E-state index in [1.165, 1.54) is 30.3 Å². The molecule has 9 nitrogen and oxygen atoms in total. The van der Waals surface area contributed by atoms with Crippen LogP contribution >= 0.6 is 0 Å². The quantitative estimate of drug-likeness (QED) is 0.130. The summed E-state index contributed by atoms with van der Waals surface area (Å²) in [5.41, 5.74) is -0.134. The van der Waals surface area contributed by atoms with E-state index in [2.05, 4.69) is 4.89 Å². The van der Waals surface area contributed by atoms with Crippen LogP contribution in [-0.2, 0) is 11.5 Å². The average molecular weight is 462 g/mol. The number of carbonyl (C=O) groups is 2. The normalized spacial score (nSPS) is 10.7. The molecule has 9 heteroatoms. The maximum absolute atomic E-state index is 12.8. The van der Waals surface area contributed by atoms with Crippen LogP contribution in [0.5, 0.6) is 28.7 Å². The molecule has 0 saturated heterocycles. The summed E-state index contributed by atoms with van der Waals surface area (Å²) in [5, 5.41) is 38.7. The van der Waals surface area contributed by atoms with Crippen molar-refractivity contribution in [1.82, 2.24) is 0 Å². The van der Waals surface area contributed by atoms with E-state index in [-0.39, 0.29) is 40.7 Å². The van der Waals surface area contributed by atoms with Gasteiger partial charge in [-0.1, -0.05) is 24.3 Å². The number of aromatic carboxylic acids is 1. The molecule has 0 aliphatic rings. The van der Waals surface area contributed by atoms with E-state index in [1.807, 2.05) is 0 Å². The largest absolute Gasteiger partial charge is 0.508 e. The standard InChI is InChI=1S/C25H18O9/c26-15-7-8-19(24(28)29)20(11-15)25(30)34-22-10-9-21(17-3-1-2-4-18(17)22)33-23-12-16(27)6-5-14(23)13-32-31/h1-12,26-27,31H,13H2,(H,28,29). The maximum Gasteiger partial charge on any atom is 0.344 e. The van der Waals surface area contributed by atoms with Gasteiger partial charge in [-0.2, -0.15) is 0 Å². The van der Waals surface area contributed by atoms with Crippen LogP contribution in [0, 0.1) is 0 Å². The summed E-state index contributed by atoms with van der Waals surface area (Å²) in [7, 11) is 0. The lowest BCUT2D eigenvalue weighted by atomic mass is 10.1. The molecule has 0 fully saturated rings. The van der Waals surface area contributed by atoms with Gasteiger partial charge in [0.05, 0.1) is 11.1 Å². The minimum Gasteiger partial charge on any atom is -0.508 e. The average Bonchev–Trinajstić information content (AvgIpc) is 2.82. The van der Waals surface area contributed by atoms with Crippen LogP contribution < -0.4 is 9.47 Å². The number of phenols is 2. The Balaban J connectivity index is 1.72. The summed E-state index contributed by atoms with van der Waals surface area (Å²) in [6.45, 7) is -0.168. The number of carbonyl (C=O) groups excluding carboxylic acids is 1. The van der Waals surface area contributed by atoms with Crippen molar-refractivity contribution >= 4 is 22.7 Å². The Morgan fingerprint density at radius 1 is 0.735 bits per heavy atom. The first-order chi connectivity index (χ1) is 16.4. The number of carboxylic acid groups (broad SMARTS) is 1. The van der Waals surface area contributed by atoms with Gasteiger partial charge in [-0.3, -0.25) is 5.26 Å². The molecule has 4 rings (SSSR count). The molecule has 0 heterocycles. The zero-order valence-corrected chi connectivity index (χ0v) is 17.5.